The van der Waals surface area contributed by atoms with Crippen LogP contribution in [0.5, 0.6) is 0 Å². The molecule has 4 amide bonds. The van der Waals surface area contributed by atoms with Crippen LogP contribution in [0.1, 0.15) is 54.4 Å². The number of amides is 4. The fraction of sp³-hybridized carbons (Fsp3) is 0.928. The fourth-order valence-corrected chi connectivity index (χ4v) is 16.5. The summed E-state index contributed by atoms with van der Waals surface area (Å²) in [5, 5.41) is 280. The first kappa shape index (κ1) is 97.9. The molecule has 1 aliphatic carbocycles. The molecule has 47 atom stereocenters. The van der Waals surface area contributed by atoms with E-state index in [1.54, 1.807) is 0 Å². The number of rotatable bonds is 34. The van der Waals surface area contributed by atoms with E-state index in [-0.39, 0.29) is 6.47 Å². The Morgan fingerprint density at radius 1 is 0.433 bits per heavy atom. The zero-order valence-corrected chi connectivity index (χ0v) is 65.5. The van der Waals surface area contributed by atoms with Crippen LogP contribution in [0.4, 0.5) is 0 Å². The first-order chi connectivity index (χ1) is 56.7. The molecule has 28 N–H and O–H groups in total. The normalized spacial score (nSPS) is 48.4. The molecule has 51 nitrogen and oxygen atoms in total. The summed E-state index contributed by atoms with van der Waals surface area (Å²) in [4.78, 5) is 62.7. The van der Waals surface area contributed by atoms with Crippen LogP contribution < -0.4 is 21.3 Å². The second kappa shape index (κ2) is 41.6. The Hall–Kier alpha value is -4.29. The molecule has 9 heterocycles. The Balaban J connectivity index is 0.935. The molecule has 1 saturated carbocycles. The quantitative estimate of drug-likeness (QED) is 0.0210. The Morgan fingerprint density at radius 2 is 0.858 bits per heavy atom. The van der Waals surface area contributed by atoms with Crippen molar-refractivity contribution in [2.75, 3.05) is 59.5 Å². The Labute approximate surface area is 682 Å². The number of aliphatic hydroxyl groups is 24. The second-order valence-corrected chi connectivity index (χ2v) is 31.3. The van der Waals surface area contributed by atoms with Crippen LogP contribution in [-0.4, -0.2) is 481 Å². The maximum atomic E-state index is 13.2. The minimum absolute atomic E-state index is 0.235. The van der Waals surface area contributed by atoms with E-state index in [0.717, 1.165) is 27.7 Å². The lowest BCUT2D eigenvalue weighted by Crippen LogP contribution is -2.70. The number of fused-ring (bicyclic) bond motifs is 1. The van der Waals surface area contributed by atoms with Crippen molar-refractivity contribution in [3.63, 3.8) is 0 Å². The predicted molar refractivity (Wildman–Crippen MR) is 374 cm³/mol. The first-order valence-electron chi connectivity index (χ1n) is 38.9. The molecule has 120 heavy (non-hydrogen) atoms. The van der Waals surface area contributed by atoms with Gasteiger partial charge in [0.05, 0.1) is 108 Å². The van der Waals surface area contributed by atoms with Crippen LogP contribution in [-0.2, 0) is 109 Å². The molecule has 0 aromatic heterocycles. The number of hydrogen-bond donors (Lipinski definition) is 28. The standard InChI is InChI=1S/C69H114N4O47/c1-19-26(86)9-68(105-18-81,119-54(19)41(89)27(87)10-74)120-69(102)35-46(94)52(100)65(118-60(35)69)114-56-32(15-79)111-64(39(50(56)98)73-24(6)85)117-59-51(99)44(92)30(13-77)109-67(59)116-58-45(93)34(17-104-61-25(40(88)42(90)28(11-75)107-61)7-8-103-62-37(71-22(4)83)47(95)43(91)29(12-76)108-62)112-66(53(58)101)115-57-33(16-80)110-63(38(49(57)97)72-23(5)84)113-55-31(14-78)106-20(2)36(48(55)96)70-21(3)82/h18-20,25-67,74-80,86-102H,7-17H2,1-6H3,(H,70,82)(H,71,83)(H,72,84)(H,73,85)/t19-,20+,25?,26-,27-,28?,29+,30?,31?,32?,33?,34?,35-,36?,37?,38?,39?,40-,41-,42-,43-,44-,45-,46+,47?,48-,49-,50-,51?,52?,53?,54?,55-,56-,57-,58+,59?,60?,61+,62-,63+,64+,65-,66+,67-,68+,69?/m1/s1. The van der Waals surface area contributed by atoms with Crippen molar-refractivity contribution in [2.45, 2.75) is 324 Å². The van der Waals surface area contributed by atoms with Gasteiger partial charge in [0.2, 0.25) is 29.4 Å². The van der Waals surface area contributed by atoms with Gasteiger partial charge < -0.3 is 224 Å². The van der Waals surface area contributed by atoms with E-state index in [9.17, 15) is 147 Å². The Morgan fingerprint density at radius 3 is 1.37 bits per heavy atom. The number of nitrogens with one attached hydrogen (secondary N) is 4. The predicted octanol–water partition coefficient (Wildman–Crippen LogP) is -17.9. The molecule has 0 spiro atoms. The summed E-state index contributed by atoms with van der Waals surface area (Å²) in [6, 6.07) is -6.54. The second-order valence-electron chi connectivity index (χ2n) is 31.3. The molecule has 51 heteroatoms. The third-order valence-electron chi connectivity index (χ3n) is 23.0. The summed E-state index contributed by atoms with van der Waals surface area (Å²) in [6.07, 6.45) is -76.0. The summed E-state index contributed by atoms with van der Waals surface area (Å²) in [5.74, 6) is -13.2. The number of carbonyl (C=O) groups is 5. The van der Waals surface area contributed by atoms with Crippen molar-refractivity contribution in [3.05, 3.63) is 0 Å². The molecule has 9 saturated heterocycles. The van der Waals surface area contributed by atoms with Crippen molar-refractivity contribution < 1.29 is 232 Å². The molecule has 10 aliphatic rings. The lowest BCUT2D eigenvalue weighted by atomic mass is 9.87. The van der Waals surface area contributed by atoms with Crippen LogP contribution in [0.3, 0.4) is 0 Å². The van der Waals surface area contributed by atoms with E-state index in [0.29, 0.717) is 0 Å². The highest BCUT2D eigenvalue weighted by Gasteiger charge is 2.78. The van der Waals surface area contributed by atoms with Gasteiger partial charge >= 0.3 is 5.97 Å². The van der Waals surface area contributed by atoms with Crippen LogP contribution in [0.15, 0.2) is 0 Å². The van der Waals surface area contributed by atoms with Crippen LogP contribution in [0.25, 0.3) is 0 Å². The van der Waals surface area contributed by atoms with E-state index in [1.807, 2.05) is 0 Å². The van der Waals surface area contributed by atoms with Crippen LogP contribution in [0.2, 0.25) is 0 Å². The van der Waals surface area contributed by atoms with Gasteiger partial charge in [-0.15, -0.1) is 0 Å². The average molecular weight is 1750 g/mol. The van der Waals surface area contributed by atoms with E-state index in [4.69, 9.17) is 85.3 Å². The Bertz CT molecular complexity index is 3310. The highest BCUT2D eigenvalue weighted by molar-refractivity contribution is 5.74. The van der Waals surface area contributed by atoms with Gasteiger partial charge in [-0.1, -0.05) is 6.92 Å². The minimum atomic E-state index is -2.86. The molecule has 10 rings (SSSR count). The summed E-state index contributed by atoms with van der Waals surface area (Å²) in [7, 11) is 0. The van der Waals surface area contributed by atoms with Gasteiger partial charge in [0.1, 0.15) is 177 Å². The van der Waals surface area contributed by atoms with Gasteiger partial charge in [-0.05, 0) is 13.3 Å². The molecule has 0 aromatic rings. The zero-order chi connectivity index (χ0) is 88.3. The minimum Gasteiger partial charge on any atom is -0.410 e. The van der Waals surface area contributed by atoms with Gasteiger partial charge in [0, 0.05) is 39.5 Å². The smallest absolute Gasteiger partial charge is 0.334 e. The van der Waals surface area contributed by atoms with Crippen LogP contribution in [0, 0.1) is 17.8 Å². The van der Waals surface area contributed by atoms with Gasteiger partial charge in [-0.3, -0.25) is 28.7 Å². The van der Waals surface area contributed by atoms with E-state index in [2.05, 4.69) is 21.3 Å². The number of aliphatic hydroxyl groups excluding tert-OH is 23. The Kier molecular flexibility index (Phi) is 34.0. The van der Waals surface area contributed by atoms with Gasteiger partial charge in [-0.2, -0.15) is 0 Å². The summed E-state index contributed by atoms with van der Waals surface area (Å²) in [5.41, 5.74) is 0. The largest absolute Gasteiger partial charge is 0.410 e. The highest BCUT2D eigenvalue weighted by Crippen LogP contribution is 2.57. The van der Waals surface area contributed by atoms with Gasteiger partial charge in [0.15, 0.2) is 44.0 Å². The number of hydrogen-bond acceptors (Lipinski definition) is 47. The van der Waals surface area contributed by atoms with Crippen molar-refractivity contribution in [2.24, 2.45) is 17.8 Å². The molecule has 0 aromatic carbocycles. The van der Waals surface area contributed by atoms with Crippen LogP contribution >= 0.6 is 0 Å². The molecule has 10 fully saturated rings. The van der Waals surface area contributed by atoms with E-state index >= 15 is 0 Å². The molecule has 692 valence electrons. The third-order valence-corrected chi connectivity index (χ3v) is 23.0. The van der Waals surface area contributed by atoms with Gasteiger partial charge in [-0.25, -0.2) is 0 Å². The summed E-state index contributed by atoms with van der Waals surface area (Å²) >= 11 is 0. The molecular formula is C69H114N4O47. The van der Waals surface area contributed by atoms with E-state index in [1.165, 1.54) is 13.8 Å². The summed E-state index contributed by atoms with van der Waals surface area (Å²) < 4.78 is 107. The fourth-order valence-electron chi connectivity index (χ4n) is 16.5. The van der Waals surface area contributed by atoms with Crippen molar-refractivity contribution in [3.8, 4) is 0 Å². The first-order valence-corrected chi connectivity index (χ1v) is 38.9. The third kappa shape index (κ3) is 20.9. The zero-order valence-electron chi connectivity index (χ0n) is 65.5. The summed E-state index contributed by atoms with van der Waals surface area (Å²) in [6.45, 7) is -2.12. The maximum Gasteiger partial charge on any atom is 0.334 e. The lowest BCUT2D eigenvalue weighted by molar-refractivity contribution is -0.452. The van der Waals surface area contributed by atoms with Crippen molar-refractivity contribution in [1.29, 1.82) is 0 Å². The topological polar surface area (TPSA) is 785 Å². The lowest BCUT2D eigenvalue weighted by Gasteiger charge is -2.51. The number of ether oxygens (including phenoxy) is 18. The number of carbonyl (C=O) groups excluding carboxylic acids is 5. The molecule has 9 aliphatic heterocycles. The average Bonchev–Trinajstić information content (AvgIpc) is 1.52. The molecular weight excluding hydrogens is 1640 g/mol. The van der Waals surface area contributed by atoms with Crippen molar-refractivity contribution in [1.82, 2.24) is 21.3 Å². The highest BCUT2D eigenvalue weighted by atomic mass is 16.9. The molecule has 0 radical (unpaired) electrons. The van der Waals surface area contributed by atoms with Crippen molar-refractivity contribution >= 4 is 30.1 Å². The SMILES string of the molecule is CC(=O)NC1C(O)[C@H](O)[C@H](CO)O[C@H]1OCCC1[C@@H](OCC2O[C@@H](O[C@@H]3C(CO)O[C@@H](O[C@@H]4C(CO)O[C@@H](C)C(NC(C)=O)[C@H]4O)C(NC(C)=O)[C@H]3O)C(O)[C@@H](O[C@H]3OC(CO)[C@@H](O)C(O)C3O[C@@H]3OC(CO)[C@@H](O[C@@H]4OC5[C@@H]([C@H](O)C4O)C5(O)O[C@]4(OC=O)C[C@@H](O)[C@@H](C)C([C@H](O)[C@H](O)CO)O4)[C@H](O)C3NC(C)=O)[C@@H]2O)OC(CO)[C@@H](O)[C@@H]1O. The van der Waals surface area contributed by atoms with Gasteiger partial charge in [0.25, 0.3) is 6.47 Å². The monoisotopic (exact) mass is 1750 g/mol. The van der Waals surface area contributed by atoms with E-state index < -0.39 is 383 Å². The maximum absolute atomic E-state index is 13.2. The molecule has 19 unspecified atom stereocenters. The molecule has 0 bridgehead atoms.